The summed E-state index contributed by atoms with van der Waals surface area (Å²) in [5, 5.41) is 0. The fourth-order valence-electron chi connectivity index (χ4n) is 8.01. The number of benzene rings is 6. The molecule has 6 heteroatoms. The topological polar surface area (TPSA) is 44.2 Å². The van der Waals surface area contributed by atoms with Crippen LogP contribution in [0.15, 0.2) is 140 Å². The summed E-state index contributed by atoms with van der Waals surface area (Å²) in [5.74, 6) is 3.37. The van der Waals surface area contributed by atoms with Crippen molar-refractivity contribution >= 4 is 23.1 Å². The number of aryl methyl sites for hydroxylation is 6. The molecule has 0 fully saturated rings. The molecule has 0 amide bonds. The first-order valence-corrected chi connectivity index (χ1v) is 19.4. The fraction of sp³-hybridized carbons (Fsp3) is 0.115. The van der Waals surface area contributed by atoms with E-state index in [0.29, 0.717) is 0 Å². The Morgan fingerprint density at radius 2 is 1.24 bits per heavy atom. The SMILES string of the molecule is Cc1ccc(-c2cc(-c3[c-]ccc4c3Oc3cccc5c3B4c3ccccc3O5)ncc2C)c(C)c1.Cc1cnc(-c2[c-]cc(C)c(-c3ccccc3)c2)cc1C.[Ir]. The van der Waals surface area contributed by atoms with E-state index < -0.39 is 0 Å². The first-order valence-electron chi connectivity index (χ1n) is 19.4. The van der Waals surface area contributed by atoms with E-state index in [2.05, 4.69) is 144 Å². The average Bonchev–Trinajstić information content (AvgIpc) is 3.23. The molecule has 10 rings (SSSR count). The van der Waals surface area contributed by atoms with E-state index in [9.17, 15) is 0 Å². The Hall–Kier alpha value is -6.07. The smallest absolute Gasteiger partial charge is 0.241 e. The predicted molar refractivity (Wildman–Crippen MR) is 234 cm³/mol. The molecule has 2 aromatic heterocycles. The number of fused-ring (bicyclic) bond motifs is 4. The van der Waals surface area contributed by atoms with Crippen LogP contribution in [0.2, 0.25) is 0 Å². The van der Waals surface area contributed by atoms with Crippen LogP contribution in [0.4, 0.5) is 0 Å². The molecule has 0 saturated carbocycles. The summed E-state index contributed by atoms with van der Waals surface area (Å²) in [5.41, 5.74) is 19.3. The van der Waals surface area contributed by atoms with E-state index in [-0.39, 0.29) is 26.8 Å². The number of ether oxygens (including phenoxy) is 2. The van der Waals surface area contributed by atoms with Gasteiger partial charge in [0.25, 0.3) is 0 Å². The van der Waals surface area contributed by atoms with Crippen molar-refractivity contribution in [2.75, 3.05) is 0 Å². The third-order valence-electron chi connectivity index (χ3n) is 11.2. The number of nitrogens with zero attached hydrogens (tertiary/aromatic N) is 2. The first-order chi connectivity index (χ1) is 27.7. The summed E-state index contributed by atoms with van der Waals surface area (Å²) in [6.07, 6.45) is 3.89. The maximum atomic E-state index is 6.59. The van der Waals surface area contributed by atoms with Gasteiger partial charge in [0.1, 0.15) is 17.2 Å². The molecule has 2 aliphatic heterocycles. The quantitative estimate of drug-likeness (QED) is 0.130. The molecule has 4 nitrogen and oxygen atoms in total. The summed E-state index contributed by atoms with van der Waals surface area (Å²) in [7, 11) is 0. The van der Waals surface area contributed by atoms with Crippen molar-refractivity contribution in [3.8, 4) is 67.8 Å². The Bertz CT molecular complexity index is 2840. The molecule has 0 spiro atoms. The number of hydrogen-bond donors (Lipinski definition) is 0. The molecule has 0 atom stereocenters. The number of para-hydroxylation sites is 1. The van der Waals surface area contributed by atoms with Gasteiger partial charge in [-0.15, -0.1) is 53.0 Å². The molecule has 6 aromatic carbocycles. The molecule has 0 aliphatic carbocycles. The molecular formula is C52H41BIrN2O2-2. The maximum absolute atomic E-state index is 6.59. The third kappa shape index (κ3) is 7.19. The van der Waals surface area contributed by atoms with Gasteiger partial charge >= 0.3 is 0 Å². The van der Waals surface area contributed by atoms with Crippen LogP contribution < -0.4 is 25.9 Å². The van der Waals surface area contributed by atoms with E-state index >= 15 is 0 Å². The molecule has 0 unspecified atom stereocenters. The summed E-state index contributed by atoms with van der Waals surface area (Å²) in [6.45, 7) is 12.8. The monoisotopic (exact) mass is 929 g/mol. The molecule has 1 radical (unpaired) electrons. The molecule has 285 valence electrons. The molecule has 58 heavy (non-hydrogen) atoms. The van der Waals surface area contributed by atoms with Crippen LogP contribution in [0.1, 0.15) is 33.4 Å². The van der Waals surface area contributed by atoms with Crippen molar-refractivity contribution in [3.63, 3.8) is 0 Å². The van der Waals surface area contributed by atoms with Crippen LogP contribution in [0.3, 0.4) is 0 Å². The van der Waals surface area contributed by atoms with Crippen LogP contribution in [-0.4, -0.2) is 16.7 Å². The van der Waals surface area contributed by atoms with Crippen molar-refractivity contribution in [1.29, 1.82) is 0 Å². The zero-order chi connectivity index (χ0) is 39.2. The van der Waals surface area contributed by atoms with Gasteiger partial charge in [-0.2, -0.15) is 0 Å². The molecular weight excluding hydrogens is 888 g/mol. The Balaban J connectivity index is 0.000000183. The van der Waals surface area contributed by atoms with E-state index in [4.69, 9.17) is 14.5 Å². The van der Waals surface area contributed by atoms with Crippen molar-refractivity contribution in [2.24, 2.45) is 0 Å². The van der Waals surface area contributed by atoms with E-state index in [0.717, 1.165) is 67.5 Å². The van der Waals surface area contributed by atoms with Crippen LogP contribution in [-0.2, 0) is 20.1 Å². The van der Waals surface area contributed by atoms with E-state index in [1.54, 1.807) is 0 Å². The van der Waals surface area contributed by atoms with Gasteiger partial charge < -0.3 is 19.4 Å². The summed E-state index contributed by atoms with van der Waals surface area (Å²) < 4.78 is 12.8. The minimum atomic E-state index is 0. The third-order valence-corrected chi connectivity index (χ3v) is 11.2. The zero-order valence-corrected chi connectivity index (χ0v) is 35.8. The van der Waals surface area contributed by atoms with Gasteiger partial charge in [0.05, 0.1) is 0 Å². The largest absolute Gasteiger partial charge is 0.503 e. The van der Waals surface area contributed by atoms with Crippen LogP contribution in [0.5, 0.6) is 23.0 Å². The van der Waals surface area contributed by atoms with Crippen LogP contribution in [0, 0.1) is 53.7 Å². The Labute approximate surface area is 355 Å². The fourth-order valence-corrected chi connectivity index (χ4v) is 8.01. The minimum absolute atomic E-state index is 0. The van der Waals surface area contributed by atoms with E-state index in [1.165, 1.54) is 50.1 Å². The molecule has 2 aliphatic rings. The molecule has 8 aromatic rings. The van der Waals surface area contributed by atoms with Crippen molar-refractivity contribution in [3.05, 3.63) is 185 Å². The van der Waals surface area contributed by atoms with Crippen molar-refractivity contribution in [1.82, 2.24) is 9.97 Å². The van der Waals surface area contributed by atoms with Gasteiger partial charge in [-0.3, -0.25) is 0 Å². The van der Waals surface area contributed by atoms with Crippen LogP contribution >= 0.6 is 0 Å². The van der Waals surface area contributed by atoms with Gasteiger partial charge in [0, 0.05) is 43.7 Å². The molecule has 0 N–H and O–H groups in total. The second-order valence-electron chi connectivity index (χ2n) is 15.1. The maximum Gasteiger partial charge on any atom is 0.241 e. The average molecular weight is 929 g/mol. The number of rotatable bonds is 4. The second-order valence-corrected chi connectivity index (χ2v) is 15.1. The summed E-state index contributed by atoms with van der Waals surface area (Å²) >= 11 is 0. The molecule has 4 heterocycles. The van der Waals surface area contributed by atoms with Crippen LogP contribution in [0.25, 0.3) is 44.8 Å². The van der Waals surface area contributed by atoms with Gasteiger partial charge in [-0.25, -0.2) is 0 Å². The Morgan fingerprint density at radius 1 is 0.517 bits per heavy atom. The first kappa shape index (κ1) is 38.8. The Kier molecular flexibility index (Phi) is 10.7. The van der Waals surface area contributed by atoms with Gasteiger partial charge in [0.2, 0.25) is 6.71 Å². The normalized spacial score (nSPS) is 11.7. The second kappa shape index (κ2) is 16.1. The van der Waals surface area contributed by atoms with Crippen molar-refractivity contribution < 1.29 is 29.6 Å². The molecule has 0 bridgehead atoms. The van der Waals surface area contributed by atoms with Gasteiger partial charge in [0.15, 0.2) is 0 Å². The predicted octanol–water partition coefficient (Wildman–Crippen LogP) is 11.0. The van der Waals surface area contributed by atoms with E-state index in [1.807, 2.05) is 54.9 Å². The molecule has 0 saturated heterocycles. The zero-order valence-electron chi connectivity index (χ0n) is 33.4. The van der Waals surface area contributed by atoms with Crippen molar-refractivity contribution in [2.45, 2.75) is 41.5 Å². The minimum Gasteiger partial charge on any atom is -0.503 e. The van der Waals surface area contributed by atoms with Gasteiger partial charge in [-0.05, 0) is 103 Å². The number of hydrogen-bond acceptors (Lipinski definition) is 4. The van der Waals surface area contributed by atoms with Gasteiger partial charge in [-0.1, -0.05) is 114 Å². The summed E-state index contributed by atoms with van der Waals surface area (Å²) in [4.78, 5) is 9.38. The number of pyridine rings is 2. The summed E-state index contributed by atoms with van der Waals surface area (Å²) in [6, 6.07) is 50.8. The number of aromatic nitrogens is 2. The standard InChI is InChI=1S/C32H23BNO2.C20H18N.Ir/c1-19-14-15-22(20(2)16-19)24-17-27(34-18-21(24)3)23-8-6-10-26-32(23)36-30-13-7-12-29-31(30)33(26)25-9-4-5-11-28(25)35-29;1-14-9-10-18(20-11-15(2)16(3)13-21-20)12-19(14)17-7-5-4-6-8-17;/h4-7,9-18H,1-3H3;4-9,11-13H,1-3H3;/q2*-1;. The Morgan fingerprint density at radius 3 is 2.03 bits per heavy atom.